The molecule has 0 aliphatic heterocycles. The van der Waals surface area contributed by atoms with E-state index < -0.39 is 6.10 Å². The summed E-state index contributed by atoms with van der Waals surface area (Å²) in [5.41, 5.74) is 0. The highest BCUT2D eigenvalue weighted by Crippen LogP contribution is 1.97. The first-order valence-electron chi connectivity index (χ1n) is 4.66. The van der Waals surface area contributed by atoms with Crippen LogP contribution in [0.15, 0.2) is 0 Å². The van der Waals surface area contributed by atoms with Gasteiger partial charge in [-0.15, -0.1) is 0 Å². The molecule has 0 amide bonds. The Bertz CT molecular complexity index is 139. The van der Waals surface area contributed by atoms with Gasteiger partial charge in [0.15, 0.2) is 0 Å². The van der Waals surface area contributed by atoms with Gasteiger partial charge < -0.3 is 15.2 Å². The average Bonchev–Trinajstić information content (AvgIpc) is 2.14. The molecule has 0 saturated carbocycles. The van der Waals surface area contributed by atoms with Crippen LogP contribution in [0.4, 0.5) is 0 Å². The number of carbonyl (C=O) groups is 1. The van der Waals surface area contributed by atoms with Crippen LogP contribution in [-0.4, -0.2) is 37.4 Å². The summed E-state index contributed by atoms with van der Waals surface area (Å²) in [5.74, 6) is -0.269. The number of aliphatic hydroxyl groups excluding tert-OH is 1. The van der Waals surface area contributed by atoms with Gasteiger partial charge in [-0.05, 0) is 19.4 Å². The molecule has 78 valence electrons. The highest BCUT2D eigenvalue weighted by Gasteiger charge is 2.07. The van der Waals surface area contributed by atoms with Gasteiger partial charge in [0.2, 0.25) is 0 Å². The van der Waals surface area contributed by atoms with Crippen LogP contribution in [-0.2, 0) is 9.53 Å². The molecule has 0 saturated heterocycles. The second-order valence-electron chi connectivity index (χ2n) is 2.97. The quantitative estimate of drug-likeness (QED) is 0.447. The zero-order valence-electron chi connectivity index (χ0n) is 8.38. The lowest BCUT2D eigenvalue weighted by molar-refractivity contribution is -0.141. The van der Waals surface area contributed by atoms with E-state index in [4.69, 9.17) is 0 Å². The first kappa shape index (κ1) is 12.4. The van der Waals surface area contributed by atoms with Gasteiger partial charge in [-0.1, -0.05) is 6.92 Å². The van der Waals surface area contributed by atoms with Crippen LogP contribution in [0.3, 0.4) is 0 Å². The van der Waals surface area contributed by atoms with Crippen molar-refractivity contribution >= 4 is 5.97 Å². The van der Waals surface area contributed by atoms with Gasteiger partial charge >= 0.3 is 5.97 Å². The summed E-state index contributed by atoms with van der Waals surface area (Å²) in [5, 5.41) is 12.4. The standard InChI is InChI=1S/C9H19NO3/c1-3-6-10-7-8(11)4-5-9(12)13-2/h8,10-11H,3-7H2,1-2H3. The van der Waals surface area contributed by atoms with Crippen molar-refractivity contribution < 1.29 is 14.6 Å². The largest absolute Gasteiger partial charge is 0.469 e. The van der Waals surface area contributed by atoms with Crippen LogP contribution >= 0.6 is 0 Å². The Morgan fingerprint density at radius 3 is 2.85 bits per heavy atom. The molecule has 13 heavy (non-hydrogen) atoms. The lowest BCUT2D eigenvalue weighted by Gasteiger charge is -2.09. The SMILES string of the molecule is CCCNCC(O)CCC(=O)OC. The lowest BCUT2D eigenvalue weighted by atomic mass is 10.2. The maximum atomic E-state index is 10.7. The van der Waals surface area contributed by atoms with Crippen LogP contribution in [0.25, 0.3) is 0 Å². The summed E-state index contributed by atoms with van der Waals surface area (Å²) in [4.78, 5) is 10.7. The van der Waals surface area contributed by atoms with Crippen molar-refractivity contribution in [1.29, 1.82) is 0 Å². The van der Waals surface area contributed by atoms with Crippen molar-refractivity contribution in [2.24, 2.45) is 0 Å². The highest BCUT2D eigenvalue weighted by molar-refractivity contribution is 5.69. The molecule has 0 aromatic carbocycles. The molecule has 4 nitrogen and oxygen atoms in total. The predicted molar refractivity (Wildman–Crippen MR) is 50.4 cm³/mol. The molecule has 0 fully saturated rings. The zero-order chi connectivity index (χ0) is 10.1. The van der Waals surface area contributed by atoms with E-state index in [1.54, 1.807) is 0 Å². The van der Waals surface area contributed by atoms with Crippen molar-refractivity contribution in [3.63, 3.8) is 0 Å². The second kappa shape index (κ2) is 8.01. The molecule has 0 aromatic heterocycles. The number of rotatable bonds is 7. The minimum absolute atomic E-state index is 0.269. The molecule has 0 radical (unpaired) electrons. The number of ether oxygens (including phenoxy) is 1. The number of hydrogen-bond acceptors (Lipinski definition) is 4. The van der Waals surface area contributed by atoms with Crippen LogP contribution < -0.4 is 5.32 Å². The van der Waals surface area contributed by atoms with E-state index in [0.717, 1.165) is 13.0 Å². The summed E-state index contributed by atoms with van der Waals surface area (Å²) in [7, 11) is 1.35. The van der Waals surface area contributed by atoms with Crippen LogP contribution in [0.2, 0.25) is 0 Å². The summed E-state index contributed by atoms with van der Waals surface area (Å²) in [6.45, 7) is 3.51. The Morgan fingerprint density at radius 1 is 1.62 bits per heavy atom. The Kier molecular flexibility index (Phi) is 7.63. The fourth-order valence-electron chi connectivity index (χ4n) is 0.934. The first-order valence-corrected chi connectivity index (χ1v) is 4.66. The normalized spacial score (nSPS) is 12.5. The van der Waals surface area contributed by atoms with Crippen molar-refractivity contribution in [3.8, 4) is 0 Å². The predicted octanol–water partition coefficient (Wildman–Crippen LogP) is 0.300. The maximum absolute atomic E-state index is 10.7. The van der Waals surface area contributed by atoms with E-state index in [1.165, 1.54) is 7.11 Å². The van der Waals surface area contributed by atoms with Crippen molar-refractivity contribution in [1.82, 2.24) is 5.32 Å². The van der Waals surface area contributed by atoms with Gasteiger partial charge in [0.1, 0.15) is 0 Å². The minimum Gasteiger partial charge on any atom is -0.469 e. The molecule has 4 heteroatoms. The third-order valence-electron chi connectivity index (χ3n) is 1.72. The van der Waals surface area contributed by atoms with E-state index >= 15 is 0 Å². The Labute approximate surface area is 79.3 Å². The number of aliphatic hydroxyl groups is 1. The van der Waals surface area contributed by atoms with E-state index in [9.17, 15) is 9.90 Å². The summed E-state index contributed by atoms with van der Waals surface area (Å²) in [6, 6.07) is 0. The fraction of sp³-hybridized carbons (Fsp3) is 0.889. The molecule has 0 rings (SSSR count). The monoisotopic (exact) mass is 189 g/mol. The maximum Gasteiger partial charge on any atom is 0.305 e. The Morgan fingerprint density at radius 2 is 2.31 bits per heavy atom. The minimum atomic E-state index is -0.453. The highest BCUT2D eigenvalue weighted by atomic mass is 16.5. The number of hydrogen-bond donors (Lipinski definition) is 2. The Balaban J connectivity index is 3.29. The number of nitrogens with one attached hydrogen (secondary N) is 1. The third-order valence-corrected chi connectivity index (χ3v) is 1.72. The fourth-order valence-corrected chi connectivity index (χ4v) is 0.934. The van der Waals surface area contributed by atoms with Crippen LogP contribution in [0, 0.1) is 0 Å². The van der Waals surface area contributed by atoms with Gasteiger partial charge in [0.25, 0.3) is 0 Å². The zero-order valence-corrected chi connectivity index (χ0v) is 8.38. The number of esters is 1. The first-order chi connectivity index (χ1) is 6.20. The second-order valence-corrected chi connectivity index (χ2v) is 2.97. The van der Waals surface area contributed by atoms with E-state index in [-0.39, 0.29) is 12.4 Å². The molecule has 0 spiro atoms. The Hall–Kier alpha value is -0.610. The molecule has 0 heterocycles. The van der Waals surface area contributed by atoms with E-state index in [2.05, 4.69) is 17.0 Å². The molecule has 0 aliphatic rings. The van der Waals surface area contributed by atoms with Crippen molar-refractivity contribution in [3.05, 3.63) is 0 Å². The molecule has 0 aliphatic carbocycles. The molecule has 1 unspecified atom stereocenters. The number of carbonyl (C=O) groups excluding carboxylic acids is 1. The molecule has 1 atom stereocenters. The smallest absolute Gasteiger partial charge is 0.305 e. The van der Waals surface area contributed by atoms with Gasteiger partial charge in [-0.3, -0.25) is 4.79 Å². The van der Waals surface area contributed by atoms with E-state index in [1.807, 2.05) is 0 Å². The summed E-state index contributed by atoms with van der Waals surface area (Å²) < 4.78 is 4.46. The summed E-state index contributed by atoms with van der Waals surface area (Å²) >= 11 is 0. The topological polar surface area (TPSA) is 58.6 Å². The van der Waals surface area contributed by atoms with Gasteiger partial charge in [-0.2, -0.15) is 0 Å². The molecule has 2 N–H and O–H groups in total. The number of methoxy groups -OCH3 is 1. The van der Waals surface area contributed by atoms with Gasteiger partial charge in [0, 0.05) is 13.0 Å². The third kappa shape index (κ3) is 7.74. The van der Waals surface area contributed by atoms with Crippen molar-refractivity contribution in [2.75, 3.05) is 20.2 Å². The van der Waals surface area contributed by atoms with Crippen LogP contribution in [0.1, 0.15) is 26.2 Å². The lowest BCUT2D eigenvalue weighted by Crippen LogP contribution is -2.27. The van der Waals surface area contributed by atoms with Gasteiger partial charge in [-0.25, -0.2) is 0 Å². The summed E-state index contributed by atoms with van der Waals surface area (Å²) in [6.07, 6.45) is 1.34. The van der Waals surface area contributed by atoms with E-state index in [0.29, 0.717) is 13.0 Å². The van der Waals surface area contributed by atoms with Gasteiger partial charge in [0.05, 0.1) is 13.2 Å². The van der Waals surface area contributed by atoms with Crippen molar-refractivity contribution in [2.45, 2.75) is 32.3 Å². The molecule has 0 bridgehead atoms. The average molecular weight is 189 g/mol. The van der Waals surface area contributed by atoms with Crippen LogP contribution in [0.5, 0.6) is 0 Å². The molecular formula is C9H19NO3. The molecule has 0 aromatic rings. The molecular weight excluding hydrogens is 170 g/mol.